The first-order valence-electron chi connectivity index (χ1n) is 10.4. The summed E-state index contributed by atoms with van der Waals surface area (Å²) in [6.07, 6.45) is 0.875. The number of anilines is 1. The van der Waals surface area contributed by atoms with Gasteiger partial charge in [-0.15, -0.1) is 0 Å². The number of carbonyl (C=O) groups excluding carboxylic acids is 2. The number of aromatic nitrogens is 2. The minimum Gasteiger partial charge on any atom is -0.335 e. The highest BCUT2D eigenvalue weighted by molar-refractivity contribution is 6.04. The van der Waals surface area contributed by atoms with Gasteiger partial charge in [-0.1, -0.05) is 43.3 Å². The molecule has 4 rings (SSSR count). The molecule has 2 N–H and O–H groups in total. The van der Waals surface area contributed by atoms with Crippen molar-refractivity contribution in [2.45, 2.75) is 20.3 Å². The minimum atomic E-state index is -0.0657. The van der Waals surface area contributed by atoms with Gasteiger partial charge in [0.25, 0.3) is 5.91 Å². The highest BCUT2D eigenvalue weighted by Crippen LogP contribution is 2.21. The molecular formula is C23H27N5O2. The summed E-state index contributed by atoms with van der Waals surface area (Å²) in [5.74, 6) is -0.0823. The first-order valence-corrected chi connectivity index (χ1v) is 10.4. The maximum atomic E-state index is 12.9. The molecule has 3 aromatic rings. The summed E-state index contributed by atoms with van der Waals surface area (Å²) in [5.41, 5.74) is 4.46. The van der Waals surface area contributed by atoms with Crippen LogP contribution in [0, 0.1) is 6.92 Å². The summed E-state index contributed by atoms with van der Waals surface area (Å²) >= 11 is 0. The predicted octanol–water partition coefficient (Wildman–Crippen LogP) is 2.83. The molecule has 2 amide bonds. The van der Waals surface area contributed by atoms with Crippen molar-refractivity contribution >= 4 is 28.4 Å². The second kappa shape index (κ2) is 8.67. The molecule has 7 nitrogen and oxygen atoms in total. The topological polar surface area (TPSA) is 81.3 Å². The highest BCUT2D eigenvalue weighted by atomic mass is 16.2. The van der Waals surface area contributed by atoms with Crippen molar-refractivity contribution in [1.82, 2.24) is 20.0 Å². The number of piperazine rings is 1. The fourth-order valence-corrected chi connectivity index (χ4v) is 3.97. The molecule has 2 aromatic carbocycles. The van der Waals surface area contributed by atoms with E-state index in [2.05, 4.69) is 27.3 Å². The summed E-state index contributed by atoms with van der Waals surface area (Å²) < 4.78 is 0. The second-order valence-corrected chi connectivity index (χ2v) is 7.70. The number of rotatable bonds is 5. The summed E-state index contributed by atoms with van der Waals surface area (Å²) in [6.45, 7) is 6.91. The molecule has 0 atom stereocenters. The van der Waals surface area contributed by atoms with Crippen molar-refractivity contribution in [3.05, 3.63) is 59.3 Å². The molecule has 0 radical (unpaired) electrons. The third-order valence-electron chi connectivity index (χ3n) is 5.70. The van der Waals surface area contributed by atoms with Gasteiger partial charge < -0.3 is 10.2 Å². The van der Waals surface area contributed by atoms with E-state index in [0.717, 1.165) is 34.1 Å². The number of aromatic amines is 1. The van der Waals surface area contributed by atoms with Gasteiger partial charge in [-0.25, -0.2) is 0 Å². The van der Waals surface area contributed by atoms with Gasteiger partial charge in [0.15, 0.2) is 5.69 Å². The van der Waals surface area contributed by atoms with Crippen LogP contribution < -0.4 is 5.32 Å². The van der Waals surface area contributed by atoms with Gasteiger partial charge in [0.05, 0.1) is 12.1 Å². The van der Waals surface area contributed by atoms with Gasteiger partial charge >= 0.3 is 0 Å². The van der Waals surface area contributed by atoms with Crippen molar-refractivity contribution in [3.63, 3.8) is 0 Å². The summed E-state index contributed by atoms with van der Waals surface area (Å²) in [5, 5.41) is 11.1. The van der Waals surface area contributed by atoms with Crippen LogP contribution in [0.5, 0.6) is 0 Å². The first-order chi connectivity index (χ1) is 14.6. The van der Waals surface area contributed by atoms with Gasteiger partial charge in [-0.3, -0.25) is 19.6 Å². The molecule has 1 aliphatic heterocycles. The van der Waals surface area contributed by atoms with Crippen molar-refractivity contribution in [3.8, 4) is 0 Å². The fraction of sp³-hybridized carbons (Fsp3) is 0.348. The minimum absolute atomic E-state index is 0.0166. The normalized spacial score (nSPS) is 14.8. The number of carbonyl (C=O) groups is 2. The molecule has 1 aliphatic rings. The Bertz CT molecular complexity index is 1070. The lowest BCUT2D eigenvalue weighted by Gasteiger charge is -2.34. The van der Waals surface area contributed by atoms with Crippen LogP contribution in [0.25, 0.3) is 10.9 Å². The second-order valence-electron chi connectivity index (χ2n) is 7.70. The third-order valence-corrected chi connectivity index (χ3v) is 5.70. The number of nitrogens with zero attached hydrogens (tertiary/aromatic N) is 3. The van der Waals surface area contributed by atoms with Crippen LogP contribution >= 0.6 is 0 Å². The number of benzene rings is 2. The Morgan fingerprint density at radius 3 is 2.60 bits per heavy atom. The average molecular weight is 406 g/mol. The average Bonchev–Trinajstić information content (AvgIpc) is 3.19. The highest BCUT2D eigenvalue weighted by Gasteiger charge is 2.26. The van der Waals surface area contributed by atoms with Crippen LogP contribution in [0.1, 0.15) is 28.5 Å². The number of para-hydroxylation sites is 2. The molecule has 0 aliphatic carbocycles. The maximum Gasteiger partial charge on any atom is 0.275 e. The number of amides is 2. The van der Waals surface area contributed by atoms with Gasteiger partial charge in [0.1, 0.15) is 0 Å². The predicted molar refractivity (Wildman–Crippen MR) is 118 cm³/mol. The Hall–Kier alpha value is -3.19. The quantitative estimate of drug-likeness (QED) is 0.684. The van der Waals surface area contributed by atoms with E-state index in [4.69, 9.17) is 0 Å². The number of fused-ring (bicyclic) bond motifs is 1. The molecule has 7 heteroatoms. The lowest BCUT2D eigenvalue weighted by Crippen LogP contribution is -2.50. The van der Waals surface area contributed by atoms with E-state index in [1.807, 2.05) is 54.3 Å². The van der Waals surface area contributed by atoms with E-state index in [-0.39, 0.29) is 11.8 Å². The van der Waals surface area contributed by atoms with Crippen LogP contribution in [0.4, 0.5) is 5.69 Å². The van der Waals surface area contributed by atoms with Crippen molar-refractivity contribution in [1.29, 1.82) is 0 Å². The summed E-state index contributed by atoms with van der Waals surface area (Å²) in [7, 11) is 0. The molecule has 1 saturated heterocycles. The Morgan fingerprint density at radius 1 is 1.07 bits per heavy atom. The SMILES string of the molecule is CCc1cccc(C)c1NC(=O)CN1CCN(C(=O)c2n[nH]c3ccccc23)CC1. The van der Waals surface area contributed by atoms with Gasteiger partial charge in [0, 0.05) is 37.3 Å². The lowest BCUT2D eigenvalue weighted by molar-refractivity contribution is -0.117. The fourth-order valence-electron chi connectivity index (χ4n) is 3.97. The Morgan fingerprint density at radius 2 is 1.83 bits per heavy atom. The van der Waals surface area contributed by atoms with Crippen LogP contribution in [0.3, 0.4) is 0 Å². The first kappa shape index (κ1) is 20.1. The van der Waals surface area contributed by atoms with Crippen molar-refractivity contribution in [2.24, 2.45) is 0 Å². The van der Waals surface area contributed by atoms with E-state index in [1.165, 1.54) is 0 Å². The molecule has 156 valence electrons. The third kappa shape index (κ3) is 4.07. The summed E-state index contributed by atoms with van der Waals surface area (Å²) in [6, 6.07) is 13.7. The van der Waals surface area contributed by atoms with Gasteiger partial charge in [-0.2, -0.15) is 5.10 Å². The van der Waals surface area contributed by atoms with Crippen molar-refractivity contribution in [2.75, 3.05) is 38.0 Å². The largest absolute Gasteiger partial charge is 0.335 e. The van der Waals surface area contributed by atoms with E-state index < -0.39 is 0 Å². The molecule has 0 unspecified atom stereocenters. The smallest absolute Gasteiger partial charge is 0.275 e. The molecular weight excluding hydrogens is 378 g/mol. The van der Waals surface area contributed by atoms with E-state index in [1.54, 1.807) is 0 Å². The zero-order chi connectivity index (χ0) is 21.1. The molecule has 30 heavy (non-hydrogen) atoms. The molecule has 1 fully saturated rings. The van der Waals surface area contributed by atoms with E-state index >= 15 is 0 Å². The molecule has 0 spiro atoms. The zero-order valence-electron chi connectivity index (χ0n) is 17.4. The van der Waals surface area contributed by atoms with Crippen molar-refractivity contribution < 1.29 is 9.59 Å². The molecule has 2 heterocycles. The Balaban J connectivity index is 1.34. The monoisotopic (exact) mass is 405 g/mol. The van der Waals surface area contributed by atoms with Crippen LogP contribution in [0.2, 0.25) is 0 Å². The number of hydrogen-bond donors (Lipinski definition) is 2. The van der Waals surface area contributed by atoms with Gasteiger partial charge in [-0.05, 0) is 30.5 Å². The number of aryl methyl sites for hydroxylation is 2. The number of hydrogen-bond acceptors (Lipinski definition) is 4. The number of H-pyrrole nitrogens is 1. The number of nitrogens with one attached hydrogen (secondary N) is 2. The zero-order valence-corrected chi connectivity index (χ0v) is 17.4. The van der Waals surface area contributed by atoms with Crippen LogP contribution in [-0.4, -0.2) is 64.5 Å². The van der Waals surface area contributed by atoms with E-state index in [9.17, 15) is 9.59 Å². The maximum absolute atomic E-state index is 12.9. The molecule has 1 aromatic heterocycles. The van der Waals surface area contributed by atoms with Crippen LogP contribution in [-0.2, 0) is 11.2 Å². The Kier molecular flexibility index (Phi) is 5.81. The van der Waals surface area contributed by atoms with Crippen LogP contribution in [0.15, 0.2) is 42.5 Å². The molecule has 0 saturated carbocycles. The molecule has 0 bridgehead atoms. The summed E-state index contributed by atoms with van der Waals surface area (Å²) in [4.78, 5) is 29.4. The lowest BCUT2D eigenvalue weighted by atomic mass is 10.1. The van der Waals surface area contributed by atoms with E-state index in [0.29, 0.717) is 38.4 Å². The Labute approximate surface area is 176 Å². The standard InChI is InChI=1S/C23H27N5O2/c1-3-17-8-6-7-16(2)21(17)24-20(29)15-27-11-13-28(14-12-27)23(30)22-18-9-4-5-10-19(18)25-26-22/h4-10H,3,11-15H2,1-2H3,(H,24,29)(H,25,26). The van der Waals surface area contributed by atoms with Gasteiger partial charge in [0.2, 0.25) is 5.91 Å².